The highest BCUT2D eigenvalue weighted by molar-refractivity contribution is 5.96. The van der Waals surface area contributed by atoms with Gasteiger partial charge in [0.1, 0.15) is 0 Å². The van der Waals surface area contributed by atoms with Gasteiger partial charge in [0.15, 0.2) is 0 Å². The van der Waals surface area contributed by atoms with E-state index in [9.17, 15) is 9.90 Å². The molecule has 1 aliphatic carbocycles. The molecule has 102 valence electrons. The second-order valence-corrected chi connectivity index (χ2v) is 5.67. The lowest BCUT2D eigenvalue weighted by molar-refractivity contribution is -0.119. The van der Waals surface area contributed by atoms with Gasteiger partial charge in [-0.25, -0.2) is 0 Å². The Labute approximate surface area is 113 Å². The number of rotatable bonds is 3. The van der Waals surface area contributed by atoms with E-state index >= 15 is 0 Å². The number of fused-ring (bicyclic) bond motifs is 1. The van der Waals surface area contributed by atoms with Crippen LogP contribution in [0.1, 0.15) is 30.9 Å². The van der Waals surface area contributed by atoms with Crippen molar-refractivity contribution in [2.24, 2.45) is 5.92 Å². The molecule has 3 rings (SSSR count). The van der Waals surface area contributed by atoms with E-state index in [0.29, 0.717) is 12.3 Å². The van der Waals surface area contributed by atoms with Crippen molar-refractivity contribution >= 4 is 11.6 Å². The van der Waals surface area contributed by atoms with Crippen LogP contribution in [-0.4, -0.2) is 30.7 Å². The summed E-state index contributed by atoms with van der Waals surface area (Å²) in [5.41, 5.74) is 2.20. The first-order valence-corrected chi connectivity index (χ1v) is 6.92. The van der Waals surface area contributed by atoms with Crippen LogP contribution < -0.4 is 10.2 Å². The molecule has 1 saturated carbocycles. The summed E-state index contributed by atoms with van der Waals surface area (Å²) in [5, 5.41) is 12.8. The summed E-state index contributed by atoms with van der Waals surface area (Å²) in [6.07, 6.45) is 2.17. The summed E-state index contributed by atoms with van der Waals surface area (Å²) in [4.78, 5) is 13.7. The van der Waals surface area contributed by atoms with Gasteiger partial charge in [-0.2, -0.15) is 0 Å². The summed E-state index contributed by atoms with van der Waals surface area (Å²) >= 11 is 0. The molecular formula is C15H20N2O2. The average Bonchev–Trinajstić information content (AvgIpc) is 2.38. The Balaban J connectivity index is 1.71. The van der Waals surface area contributed by atoms with E-state index < -0.39 is 0 Å². The number of anilines is 1. The fourth-order valence-corrected chi connectivity index (χ4v) is 3.00. The standard InChI is InChI=1S/C15H20N2O2/c1-17-14-5-3-2-4-12(14)13(8-15(17)19)16-9-10-6-11(18)7-10/h2-5,10-11,13,16,18H,6-9H2,1H3. The van der Waals surface area contributed by atoms with Crippen molar-refractivity contribution in [2.45, 2.75) is 31.4 Å². The molecule has 1 atom stereocenters. The van der Waals surface area contributed by atoms with Gasteiger partial charge in [-0.3, -0.25) is 4.79 Å². The fourth-order valence-electron chi connectivity index (χ4n) is 3.00. The van der Waals surface area contributed by atoms with Crippen molar-refractivity contribution in [3.05, 3.63) is 29.8 Å². The van der Waals surface area contributed by atoms with Crippen LogP contribution in [0.15, 0.2) is 24.3 Å². The quantitative estimate of drug-likeness (QED) is 0.865. The zero-order valence-corrected chi connectivity index (χ0v) is 11.2. The number of aliphatic hydroxyl groups is 1. The molecular weight excluding hydrogens is 240 g/mol. The van der Waals surface area contributed by atoms with Crippen LogP contribution in [0.3, 0.4) is 0 Å². The summed E-state index contributed by atoms with van der Waals surface area (Å²) in [5.74, 6) is 0.710. The summed E-state index contributed by atoms with van der Waals surface area (Å²) in [6, 6.07) is 8.18. The third-order valence-electron chi connectivity index (χ3n) is 4.29. The van der Waals surface area contributed by atoms with Crippen molar-refractivity contribution in [1.29, 1.82) is 0 Å². The van der Waals surface area contributed by atoms with E-state index in [0.717, 1.165) is 25.1 Å². The predicted octanol–water partition coefficient (Wildman–Crippen LogP) is 1.45. The van der Waals surface area contributed by atoms with E-state index in [1.54, 1.807) is 4.90 Å². The number of hydrogen-bond donors (Lipinski definition) is 2. The normalized spacial score (nSPS) is 29.9. The van der Waals surface area contributed by atoms with E-state index in [1.165, 1.54) is 5.56 Å². The zero-order chi connectivity index (χ0) is 13.4. The van der Waals surface area contributed by atoms with Crippen LogP contribution in [0.4, 0.5) is 5.69 Å². The average molecular weight is 260 g/mol. The lowest BCUT2D eigenvalue weighted by atomic mass is 9.82. The largest absolute Gasteiger partial charge is 0.393 e. The van der Waals surface area contributed by atoms with E-state index in [4.69, 9.17) is 0 Å². The van der Waals surface area contributed by atoms with Crippen molar-refractivity contribution in [1.82, 2.24) is 5.32 Å². The Morgan fingerprint density at radius 1 is 1.37 bits per heavy atom. The highest BCUT2D eigenvalue weighted by Gasteiger charge is 2.31. The number of carbonyl (C=O) groups is 1. The molecule has 1 aromatic rings. The molecule has 2 N–H and O–H groups in total. The van der Waals surface area contributed by atoms with Gasteiger partial charge in [-0.15, -0.1) is 0 Å². The Morgan fingerprint density at radius 3 is 2.84 bits per heavy atom. The molecule has 0 aromatic heterocycles. The van der Waals surface area contributed by atoms with Crippen molar-refractivity contribution in [3.63, 3.8) is 0 Å². The molecule has 4 nitrogen and oxygen atoms in total. The number of amides is 1. The monoisotopic (exact) mass is 260 g/mol. The minimum absolute atomic E-state index is 0.109. The van der Waals surface area contributed by atoms with Crippen LogP contribution in [-0.2, 0) is 4.79 Å². The van der Waals surface area contributed by atoms with Crippen LogP contribution in [0.2, 0.25) is 0 Å². The Bertz CT molecular complexity index is 483. The van der Waals surface area contributed by atoms with E-state index in [1.807, 2.05) is 25.2 Å². The molecule has 1 aromatic carbocycles. The second kappa shape index (κ2) is 4.94. The summed E-state index contributed by atoms with van der Waals surface area (Å²) < 4.78 is 0. The first-order chi connectivity index (χ1) is 9.15. The van der Waals surface area contributed by atoms with Gasteiger partial charge in [0, 0.05) is 25.2 Å². The van der Waals surface area contributed by atoms with Gasteiger partial charge in [-0.05, 0) is 36.9 Å². The minimum Gasteiger partial charge on any atom is -0.393 e. The molecule has 1 fully saturated rings. The smallest absolute Gasteiger partial charge is 0.228 e. The van der Waals surface area contributed by atoms with E-state index in [2.05, 4.69) is 11.4 Å². The number of benzene rings is 1. The number of para-hydroxylation sites is 1. The molecule has 1 unspecified atom stereocenters. The number of carbonyl (C=O) groups excluding carboxylic acids is 1. The Kier molecular flexibility index (Phi) is 3.29. The van der Waals surface area contributed by atoms with Crippen LogP contribution in [0, 0.1) is 5.92 Å². The molecule has 19 heavy (non-hydrogen) atoms. The molecule has 2 aliphatic rings. The van der Waals surface area contributed by atoms with Crippen molar-refractivity contribution < 1.29 is 9.90 Å². The molecule has 1 amide bonds. The maximum absolute atomic E-state index is 12.0. The van der Waals surface area contributed by atoms with Gasteiger partial charge >= 0.3 is 0 Å². The van der Waals surface area contributed by atoms with Gasteiger partial charge in [0.25, 0.3) is 0 Å². The van der Waals surface area contributed by atoms with Crippen LogP contribution in [0.25, 0.3) is 0 Å². The Hall–Kier alpha value is -1.39. The molecule has 4 heteroatoms. The summed E-state index contributed by atoms with van der Waals surface area (Å²) in [7, 11) is 1.83. The highest BCUT2D eigenvalue weighted by Crippen LogP contribution is 2.34. The van der Waals surface area contributed by atoms with Crippen LogP contribution in [0.5, 0.6) is 0 Å². The third-order valence-corrected chi connectivity index (χ3v) is 4.29. The lowest BCUT2D eigenvalue weighted by Gasteiger charge is -2.36. The SMILES string of the molecule is CN1C(=O)CC(NCC2CC(O)C2)c2ccccc21. The zero-order valence-electron chi connectivity index (χ0n) is 11.2. The van der Waals surface area contributed by atoms with E-state index in [-0.39, 0.29) is 18.1 Å². The molecule has 0 radical (unpaired) electrons. The summed E-state index contributed by atoms with van der Waals surface area (Å²) in [6.45, 7) is 0.882. The maximum atomic E-state index is 12.0. The molecule has 1 heterocycles. The third kappa shape index (κ3) is 2.38. The van der Waals surface area contributed by atoms with Gasteiger partial charge in [0.05, 0.1) is 6.10 Å². The van der Waals surface area contributed by atoms with Crippen molar-refractivity contribution in [3.8, 4) is 0 Å². The minimum atomic E-state index is -0.113. The molecule has 0 bridgehead atoms. The van der Waals surface area contributed by atoms with Gasteiger partial charge < -0.3 is 15.3 Å². The number of aliphatic hydroxyl groups excluding tert-OH is 1. The lowest BCUT2D eigenvalue weighted by Crippen LogP contribution is -2.41. The highest BCUT2D eigenvalue weighted by atomic mass is 16.3. The first-order valence-electron chi connectivity index (χ1n) is 6.92. The maximum Gasteiger partial charge on any atom is 0.228 e. The number of nitrogens with one attached hydrogen (secondary N) is 1. The number of hydrogen-bond acceptors (Lipinski definition) is 3. The molecule has 1 aliphatic heterocycles. The predicted molar refractivity (Wildman–Crippen MR) is 73.9 cm³/mol. The van der Waals surface area contributed by atoms with Crippen molar-refractivity contribution in [2.75, 3.05) is 18.5 Å². The fraction of sp³-hybridized carbons (Fsp3) is 0.533. The van der Waals surface area contributed by atoms with Gasteiger partial charge in [0.2, 0.25) is 5.91 Å². The topological polar surface area (TPSA) is 52.6 Å². The second-order valence-electron chi connectivity index (χ2n) is 5.67. The molecule has 0 saturated heterocycles. The van der Waals surface area contributed by atoms with Gasteiger partial charge in [-0.1, -0.05) is 18.2 Å². The molecule has 0 spiro atoms. The Morgan fingerprint density at radius 2 is 2.11 bits per heavy atom. The van der Waals surface area contributed by atoms with Crippen LogP contribution >= 0.6 is 0 Å². The number of nitrogens with zero attached hydrogens (tertiary/aromatic N) is 1. The first kappa shape index (κ1) is 12.6.